The van der Waals surface area contributed by atoms with E-state index in [4.69, 9.17) is 4.74 Å². The Morgan fingerprint density at radius 1 is 1.75 bits per heavy atom. The van der Waals surface area contributed by atoms with Gasteiger partial charge in [-0.25, -0.2) is 4.79 Å². The summed E-state index contributed by atoms with van der Waals surface area (Å²) < 4.78 is 6.93. The van der Waals surface area contributed by atoms with E-state index >= 15 is 0 Å². The van der Waals surface area contributed by atoms with Crippen molar-refractivity contribution in [2.45, 2.75) is 19.4 Å². The van der Waals surface area contributed by atoms with E-state index in [1.807, 2.05) is 13.1 Å². The molecule has 1 fully saturated rings. The van der Waals surface area contributed by atoms with Crippen molar-refractivity contribution >= 4 is 0 Å². The van der Waals surface area contributed by atoms with Gasteiger partial charge in [-0.15, -0.1) is 0 Å². The van der Waals surface area contributed by atoms with Crippen LogP contribution in [0.5, 0.6) is 0 Å². The highest BCUT2D eigenvalue weighted by Crippen LogP contribution is 2.16. The van der Waals surface area contributed by atoms with Crippen LogP contribution >= 0.6 is 0 Å². The minimum Gasteiger partial charge on any atom is -0.379 e. The molecule has 0 saturated carbocycles. The highest BCUT2D eigenvalue weighted by Gasteiger charge is 2.18. The molecular weight excluding hydrogens is 156 g/mol. The third kappa shape index (κ3) is 1.18. The van der Waals surface area contributed by atoms with Crippen molar-refractivity contribution in [3.05, 3.63) is 22.4 Å². The second kappa shape index (κ2) is 2.79. The number of aryl methyl sites for hydroxylation is 1. The van der Waals surface area contributed by atoms with Gasteiger partial charge in [0.15, 0.2) is 0 Å². The summed E-state index contributed by atoms with van der Waals surface area (Å²) in [6, 6.07) is 0.238. The van der Waals surface area contributed by atoms with Gasteiger partial charge in [0.1, 0.15) is 0 Å². The Balaban J connectivity index is 2.32. The standard InChI is InChI=1S/C8H12N2O2/c1-6-4-10(8(11)9-6)7-2-3-12-5-7/h4,7H,2-3,5H2,1H3,(H,9,11). The van der Waals surface area contributed by atoms with Crippen LogP contribution in [0.1, 0.15) is 18.2 Å². The van der Waals surface area contributed by atoms with E-state index < -0.39 is 0 Å². The van der Waals surface area contributed by atoms with E-state index in [2.05, 4.69) is 4.98 Å². The van der Waals surface area contributed by atoms with E-state index in [9.17, 15) is 4.79 Å². The molecule has 1 saturated heterocycles. The maximum Gasteiger partial charge on any atom is 0.326 e. The number of aromatic amines is 1. The molecule has 0 bridgehead atoms. The molecule has 0 aromatic carbocycles. The fraction of sp³-hybridized carbons (Fsp3) is 0.625. The molecule has 0 radical (unpaired) electrons. The van der Waals surface area contributed by atoms with Gasteiger partial charge in [0.2, 0.25) is 0 Å². The number of H-pyrrole nitrogens is 1. The second-order valence-electron chi connectivity index (χ2n) is 3.17. The molecule has 4 heteroatoms. The first-order chi connectivity index (χ1) is 5.77. The number of nitrogens with one attached hydrogen (secondary N) is 1. The van der Waals surface area contributed by atoms with Crippen molar-refractivity contribution in [2.75, 3.05) is 13.2 Å². The predicted octanol–water partition coefficient (Wildman–Crippen LogP) is 0.446. The normalized spacial score (nSPS) is 23.2. The topological polar surface area (TPSA) is 47.0 Å². The molecule has 1 unspecified atom stereocenters. The van der Waals surface area contributed by atoms with Crippen molar-refractivity contribution in [1.29, 1.82) is 0 Å². The van der Waals surface area contributed by atoms with Crippen molar-refractivity contribution in [2.24, 2.45) is 0 Å². The molecule has 2 heterocycles. The molecule has 12 heavy (non-hydrogen) atoms. The van der Waals surface area contributed by atoms with Crippen LogP contribution < -0.4 is 5.69 Å². The summed E-state index contributed by atoms with van der Waals surface area (Å²) in [6.45, 7) is 3.31. The van der Waals surface area contributed by atoms with Crippen LogP contribution in [0.3, 0.4) is 0 Å². The van der Waals surface area contributed by atoms with Crippen molar-refractivity contribution in [1.82, 2.24) is 9.55 Å². The molecule has 1 atom stereocenters. The van der Waals surface area contributed by atoms with Crippen LogP contribution in [0.15, 0.2) is 11.0 Å². The lowest BCUT2D eigenvalue weighted by Gasteiger charge is -2.06. The lowest BCUT2D eigenvalue weighted by atomic mass is 10.2. The van der Waals surface area contributed by atoms with Crippen LogP contribution in [0, 0.1) is 6.92 Å². The lowest BCUT2D eigenvalue weighted by molar-refractivity contribution is 0.186. The van der Waals surface area contributed by atoms with Gasteiger partial charge in [-0.3, -0.25) is 4.57 Å². The lowest BCUT2D eigenvalue weighted by Crippen LogP contribution is -2.21. The molecule has 1 aromatic heterocycles. The van der Waals surface area contributed by atoms with Crippen molar-refractivity contribution in [3.63, 3.8) is 0 Å². The molecule has 0 amide bonds. The van der Waals surface area contributed by atoms with Crippen LogP contribution in [0.4, 0.5) is 0 Å². The van der Waals surface area contributed by atoms with Crippen LogP contribution in [0.2, 0.25) is 0 Å². The Morgan fingerprint density at radius 3 is 3.08 bits per heavy atom. The highest BCUT2D eigenvalue weighted by atomic mass is 16.5. The molecule has 1 N–H and O–H groups in total. The minimum atomic E-state index is -0.0250. The molecule has 2 rings (SSSR count). The van der Waals surface area contributed by atoms with Gasteiger partial charge in [0.25, 0.3) is 0 Å². The Kier molecular flexibility index (Phi) is 1.77. The Labute approximate surface area is 70.2 Å². The van der Waals surface area contributed by atoms with Gasteiger partial charge in [-0.2, -0.15) is 0 Å². The van der Waals surface area contributed by atoms with Crippen LogP contribution in [-0.2, 0) is 4.74 Å². The summed E-state index contributed by atoms with van der Waals surface area (Å²) in [7, 11) is 0. The molecule has 66 valence electrons. The largest absolute Gasteiger partial charge is 0.379 e. The number of hydrogen-bond acceptors (Lipinski definition) is 2. The smallest absolute Gasteiger partial charge is 0.326 e. The number of ether oxygens (including phenoxy) is 1. The first-order valence-electron chi connectivity index (χ1n) is 4.13. The molecule has 1 aliphatic heterocycles. The van der Waals surface area contributed by atoms with Gasteiger partial charge < -0.3 is 9.72 Å². The quantitative estimate of drug-likeness (QED) is 0.661. The predicted molar refractivity (Wildman–Crippen MR) is 44.3 cm³/mol. The maximum absolute atomic E-state index is 11.3. The van der Waals surface area contributed by atoms with Gasteiger partial charge in [0, 0.05) is 18.5 Å². The molecule has 0 spiro atoms. The Bertz CT molecular complexity index is 320. The summed E-state index contributed by atoms with van der Waals surface area (Å²) in [5.74, 6) is 0. The number of hydrogen-bond donors (Lipinski definition) is 1. The number of imidazole rings is 1. The van der Waals surface area contributed by atoms with Gasteiger partial charge in [-0.05, 0) is 13.3 Å². The zero-order valence-corrected chi connectivity index (χ0v) is 7.04. The van der Waals surface area contributed by atoms with Gasteiger partial charge in [-0.1, -0.05) is 0 Å². The SMILES string of the molecule is Cc1cn(C2CCOC2)c(=O)[nH]1. The average molecular weight is 168 g/mol. The first-order valence-corrected chi connectivity index (χ1v) is 4.13. The van der Waals surface area contributed by atoms with E-state index in [-0.39, 0.29) is 11.7 Å². The molecule has 0 aliphatic carbocycles. The molecule has 1 aliphatic rings. The molecule has 4 nitrogen and oxygen atoms in total. The summed E-state index contributed by atoms with van der Waals surface area (Å²) in [5, 5.41) is 0. The van der Waals surface area contributed by atoms with Gasteiger partial charge in [0.05, 0.1) is 12.6 Å². The minimum absolute atomic E-state index is 0.0250. The monoisotopic (exact) mass is 168 g/mol. The third-order valence-electron chi connectivity index (χ3n) is 2.17. The number of rotatable bonds is 1. The first kappa shape index (κ1) is 7.61. The summed E-state index contributed by atoms with van der Waals surface area (Å²) in [4.78, 5) is 14.0. The van der Waals surface area contributed by atoms with Crippen molar-refractivity contribution < 1.29 is 4.74 Å². The highest BCUT2D eigenvalue weighted by molar-refractivity contribution is 4.95. The Morgan fingerprint density at radius 2 is 2.58 bits per heavy atom. The van der Waals surface area contributed by atoms with E-state index in [0.29, 0.717) is 6.61 Å². The molecular formula is C8H12N2O2. The summed E-state index contributed by atoms with van der Waals surface area (Å²) in [5.41, 5.74) is 0.884. The van der Waals surface area contributed by atoms with E-state index in [1.54, 1.807) is 4.57 Å². The zero-order valence-electron chi connectivity index (χ0n) is 7.04. The number of aromatic nitrogens is 2. The van der Waals surface area contributed by atoms with Crippen LogP contribution in [-0.4, -0.2) is 22.8 Å². The number of nitrogens with zero attached hydrogens (tertiary/aromatic N) is 1. The fourth-order valence-corrected chi connectivity index (χ4v) is 1.55. The summed E-state index contributed by atoms with van der Waals surface area (Å²) >= 11 is 0. The second-order valence-corrected chi connectivity index (χ2v) is 3.17. The third-order valence-corrected chi connectivity index (χ3v) is 2.17. The van der Waals surface area contributed by atoms with Crippen molar-refractivity contribution in [3.8, 4) is 0 Å². The zero-order chi connectivity index (χ0) is 8.55. The van der Waals surface area contributed by atoms with E-state index in [0.717, 1.165) is 18.7 Å². The maximum atomic E-state index is 11.3. The molecule has 1 aromatic rings. The van der Waals surface area contributed by atoms with E-state index in [1.165, 1.54) is 0 Å². The fourth-order valence-electron chi connectivity index (χ4n) is 1.55. The summed E-state index contributed by atoms with van der Waals surface area (Å²) in [6.07, 6.45) is 2.79. The average Bonchev–Trinajstić information content (AvgIpc) is 2.58. The van der Waals surface area contributed by atoms with Gasteiger partial charge >= 0.3 is 5.69 Å². The van der Waals surface area contributed by atoms with Crippen LogP contribution in [0.25, 0.3) is 0 Å². The Hall–Kier alpha value is -1.03.